The highest BCUT2D eigenvalue weighted by Crippen LogP contribution is 2.25. The molecule has 1 aromatic heterocycles. The lowest BCUT2D eigenvalue weighted by atomic mass is 10.1. The van der Waals surface area contributed by atoms with Crippen molar-refractivity contribution < 1.29 is 14.5 Å². The number of hydrogen-bond donors (Lipinski definition) is 3. The minimum Gasteiger partial charge on any atom is -0.496 e. The predicted octanol–water partition coefficient (Wildman–Crippen LogP) is 1.42. The normalized spacial score (nSPS) is 20.4. The molecule has 4 nitrogen and oxygen atoms in total. The molecule has 26 heavy (non-hydrogen) atoms. The van der Waals surface area contributed by atoms with Crippen LogP contribution in [0.1, 0.15) is 11.1 Å². The molecule has 0 atom stereocenters. The molecule has 0 saturated carbocycles. The van der Waals surface area contributed by atoms with E-state index in [-0.39, 0.29) is 0 Å². The van der Waals surface area contributed by atoms with Gasteiger partial charge in [0.2, 0.25) is 0 Å². The van der Waals surface area contributed by atoms with E-state index in [0.29, 0.717) is 0 Å². The van der Waals surface area contributed by atoms with Crippen molar-refractivity contribution in [3.63, 3.8) is 0 Å². The van der Waals surface area contributed by atoms with Crippen molar-refractivity contribution in [2.45, 2.75) is 13.1 Å². The Morgan fingerprint density at radius 2 is 1.73 bits per heavy atom. The molecule has 0 radical (unpaired) electrons. The Balaban J connectivity index is 1.33. The summed E-state index contributed by atoms with van der Waals surface area (Å²) in [6.45, 7) is 7.11. The Hall–Kier alpha value is -1.82. The van der Waals surface area contributed by atoms with Crippen LogP contribution in [0.3, 0.4) is 0 Å². The first-order valence-electron chi connectivity index (χ1n) is 9.27. The predicted molar refractivity (Wildman–Crippen MR) is 108 cm³/mol. The summed E-state index contributed by atoms with van der Waals surface area (Å²) in [5.41, 5.74) is 4.06. The van der Waals surface area contributed by atoms with E-state index in [1.165, 1.54) is 48.2 Å². The van der Waals surface area contributed by atoms with Crippen molar-refractivity contribution >= 4 is 26.8 Å². The fourth-order valence-corrected chi connectivity index (χ4v) is 4.55. The second kappa shape index (κ2) is 7.82. The van der Waals surface area contributed by atoms with Gasteiger partial charge in [-0.3, -0.25) is 0 Å². The van der Waals surface area contributed by atoms with Gasteiger partial charge < -0.3 is 19.5 Å². The van der Waals surface area contributed by atoms with Crippen LogP contribution in [-0.2, 0) is 13.1 Å². The van der Waals surface area contributed by atoms with Crippen molar-refractivity contribution in [3.8, 4) is 5.75 Å². The van der Waals surface area contributed by atoms with E-state index < -0.39 is 0 Å². The van der Waals surface area contributed by atoms with E-state index in [0.717, 1.165) is 23.3 Å². The van der Waals surface area contributed by atoms with Gasteiger partial charge in [-0.1, -0.05) is 18.2 Å². The molecule has 0 aliphatic carbocycles. The van der Waals surface area contributed by atoms with Gasteiger partial charge in [-0.15, -0.1) is 0 Å². The fourth-order valence-electron chi connectivity index (χ4n) is 3.97. The third-order valence-electron chi connectivity index (χ3n) is 5.45. The lowest BCUT2D eigenvalue weighted by Crippen LogP contribution is -3.27. The molecule has 0 spiro atoms. The molecule has 0 amide bonds. The third kappa shape index (κ3) is 3.80. The maximum absolute atomic E-state index is 5.32. The van der Waals surface area contributed by atoms with Crippen LogP contribution in [0.2, 0.25) is 0 Å². The first-order valence-corrected chi connectivity index (χ1v) is 10.1. The largest absolute Gasteiger partial charge is 0.496 e. The Labute approximate surface area is 162 Å². The molecule has 0 bridgehead atoms. The van der Waals surface area contributed by atoms with E-state index in [4.69, 9.17) is 4.74 Å². The van der Waals surface area contributed by atoms with Crippen LogP contribution in [-0.4, -0.2) is 38.3 Å². The second-order valence-electron chi connectivity index (χ2n) is 7.18. The molecule has 1 aliphatic heterocycles. The number of halogens is 1. The van der Waals surface area contributed by atoms with Crippen LogP contribution in [0.4, 0.5) is 0 Å². The number of piperazine rings is 1. The highest BCUT2D eigenvalue weighted by atomic mass is 79.9. The van der Waals surface area contributed by atoms with Gasteiger partial charge in [0.25, 0.3) is 0 Å². The molecule has 0 unspecified atom stereocenters. The molecule has 3 aromatic rings. The molecule has 2 aromatic carbocycles. The molecule has 3 N–H and O–H groups in total. The van der Waals surface area contributed by atoms with Gasteiger partial charge in [-0.2, -0.15) is 0 Å². The van der Waals surface area contributed by atoms with Gasteiger partial charge >= 0.3 is 0 Å². The van der Waals surface area contributed by atoms with Crippen LogP contribution >= 0.6 is 15.9 Å². The summed E-state index contributed by atoms with van der Waals surface area (Å²) in [5.74, 6) is 0.900. The zero-order valence-corrected chi connectivity index (χ0v) is 16.7. The highest BCUT2D eigenvalue weighted by Gasteiger charge is 2.24. The molecule has 1 saturated heterocycles. The van der Waals surface area contributed by atoms with Crippen LogP contribution in [0, 0.1) is 0 Å². The van der Waals surface area contributed by atoms with Crippen LogP contribution in [0.25, 0.3) is 10.9 Å². The van der Waals surface area contributed by atoms with Crippen molar-refractivity contribution in [1.29, 1.82) is 0 Å². The van der Waals surface area contributed by atoms with Crippen molar-refractivity contribution in [2.75, 3.05) is 33.3 Å². The van der Waals surface area contributed by atoms with Crippen molar-refractivity contribution in [2.24, 2.45) is 0 Å². The molecule has 1 fully saturated rings. The molecule has 5 heteroatoms. The first-order chi connectivity index (χ1) is 12.7. The fraction of sp³-hybridized carbons (Fsp3) is 0.333. The minimum absolute atomic E-state index is 0.900. The van der Waals surface area contributed by atoms with Crippen LogP contribution in [0.5, 0.6) is 5.75 Å². The smallest absolute Gasteiger partial charge is 0.133 e. The summed E-state index contributed by atoms with van der Waals surface area (Å²) in [5, 5.41) is 1.37. The zero-order chi connectivity index (χ0) is 17.9. The maximum atomic E-state index is 5.32. The number of benzene rings is 2. The number of methoxy groups -OCH3 is 1. The monoisotopic (exact) mass is 415 g/mol. The Morgan fingerprint density at radius 1 is 1.00 bits per heavy atom. The first kappa shape index (κ1) is 17.6. The summed E-state index contributed by atoms with van der Waals surface area (Å²) >= 11 is 3.59. The van der Waals surface area contributed by atoms with Crippen LogP contribution in [0.15, 0.2) is 53.1 Å². The molecule has 1 aliphatic rings. The number of para-hydroxylation sites is 1. The van der Waals surface area contributed by atoms with Gasteiger partial charge in [-0.25, -0.2) is 0 Å². The Bertz CT molecular complexity index is 884. The lowest BCUT2D eigenvalue weighted by Gasteiger charge is -2.29. The van der Waals surface area contributed by atoms with Gasteiger partial charge in [0.15, 0.2) is 0 Å². The molecule has 136 valence electrons. The molecule has 4 rings (SSSR count). The van der Waals surface area contributed by atoms with Crippen LogP contribution < -0.4 is 14.5 Å². The van der Waals surface area contributed by atoms with Gasteiger partial charge in [0.1, 0.15) is 45.0 Å². The lowest BCUT2D eigenvalue weighted by molar-refractivity contribution is -1.02. The van der Waals surface area contributed by atoms with Gasteiger partial charge in [0.05, 0.1) is 11.6 Å². The molecule has 2 heterocycles. The van der Waals surface area contributed by atoms with E-state index in [2.05, 4.69) is 69.6 Å². The van der Waals surface area contributed by atoms with E-state index in [1.807, 2.05) is 0 Å². The summed E-state index contributed by atoms with van der Waals surface area (Å²) in [4.78, 5) is 6.76. The minimum atomic E-state index is 0.900. The summed E-state index contributed by atoms with van der Waals surface area (Å²) in [6, 6.07) is 15.0. The number of aromatic amines is 1. The highest BCUT2D eigenvalue weighted by molar-refractivity contribution is 9.10. The van der Waals surface area contributed by atoms with E-state index in [9.17, 15) is 0 Å². The quantitative estimate of drug-likeness (QED) is 0.578. The molecular weight excluding hydrogens is 390 g/mol. The van der Waals surface area contributed by atoms with E-state index in [1.54, 1.807) is 16.9 Å². The summed E-state index contributed by atoms with van der Waals surface area (Å²) < 4.78 is 6.37. The maximum Gasteiger partial charge on any atom is 0.133 e. The number of aromatic nitrogens is 1. The van der Waals surface area contributed by atoms with Gasteiger partial charge in [-0.05, 0) is 40.2 Å². The Morgan fingerprint density at radius 3 is 2.46 bits per heavy atom. The standard InChI is InChI=1S/C21H24BrN3O/c1-26-21-7-6-16(12-19(21)22)14-24-8-10-25(11-9-24)15-17-13-23-20-5-3-2-4-18(17)20/h2-7,12-13,23H,8-11,14-15H2,1H3/p+2. The topological polar surface area (TPSA) is 33.9 Å². The number of H-pyrrole nitrogens is 1. The van der Waals surface area contributed by atoms with Crippen molar-refractivity contribution in [3.05, 3.63) is 64.3 Å². The number of quaternary nitrogens is 2. The van der Waals surface area contributed by atoms with Crippen molar-refractivity contribution in [1.82, 2.24) is 4.98 Å². The number of nitrogens with one attached hydrogen (secondary N) is 3. The number of rotatable bonds is 5. The molecular formula is C21H26BrN3O+2. The third-order valence-corrected chi connectivity index (χ3v) is 6.07. The zero-order valence-electron chi connectivity index (χ0n) is 15.1. The summed E-state index contributed by atoms with van der Waals surface area (Å²) in [6.07, 6.45) is 2.19. The summed E-state index contributed by atoms with van der Waals surface area (Å²) in [7, 11) is 1.71. The number of hydrogen-bond acceptors (Lipinski definition) is 1. The number of fused-ring (bicyclic) bond motifs is 1. The average Bonchev–Trinajstić information content (AvgIpc) is 3.07. The van der Waals surface area contributed by atoms with Gasteiger partial charge in [0, 0.05) is 28.2 Å². The van der Waals surface area contributed by atoms with E-state index >= 15 is 0 Å². The SMILES string of the molecule is COc1ccc(C[NH+]2CC[NH+](Cc3c[nH]c4ccccc34)CC2)cc1Br. The average molecular weight is 416 g/mol. The second-order valence-corrected chi connectivity index (χ2v) is 8.04. The number of ether oxygens (including phenoxy) is 1. The Kier molecular flexibility index (Phi) is 5.29.